The van der Waals surface area contributed by atoms with E-state index < -0.39 is 0 Å². The maximum Gasteiger partial charge on any atom is 0.108 e. The summed E-state index contributed by atoms with van der Waals surface area (Å²) in [7, 11) is 0. The lowest BCUT2D eigenvalue weighted by Gasteiger charge is -2.04. The van der Waals surface area contributed by atoms with Crippen molar-refractivity contribution in [1.82, 2.24) is 4.31 Å². The largest absolute Gasteiger partial charge is 0.364 e. The SMILES string of the molecule is CSN1CCOC1. The van der Waals surface area contributed by atoms with Crippen molar-refractivity contribution in [2.24, 2.45) is 0 Å². The average molecular weight is 119 g/mol. The lowest BCUT2D eigenvalue weighted by molar-refractivity contribution is 0.175. The highest BCUT2D eigenvalue weighted by Crippen LogP contribution is 2.08. The summed E-state index contributed by atoms with van der Waals surface area (Å²) in [6, 6.07) is 0. The topological polar surface area (TPSA) is 12.5 Å². The Kier molecular flexibility index (Phi) is 1.97. The monoisotopic (exact) mass is 119 g/mol. The molecule has 7 heavy (non-hydrogen) atoms. The molecule has 1 fully saturated rings. The molecule has 1 saturated heterocycles. The normalized spacial score (nSPS) is 23.6. The van der Waals surface area contributed by atoms with Crippen LogP contribution >= 0.6 is 11.9 Å². The molecule has 1 heterocycles. The first-order chi connectivity index (χ1) is 3.43. The molecule has 42 valence electrons. The minimum absolute atomic E-state index is 0.807. The predicted molar refractivity (Wildman–Crippen MR) is 31.0 cm³/mol. The summed E-state index contributed by atoms with van der Waals surface area (Å²) < 4.78 is 7.23. The Balaban J connectivity index is 2.14. The van der Waals surface area contributed by atoms with E-state index in [1.54, 1.807) is 11.9 Å². The van der Waals surface area contributed by atoms with Crippen LogP contribution in [0.2, 0.25) is 0 Å². The zero-order valence-electron chi connectivity index (χ0n) is 4.39. The van der Waals surface area contributed by atoms with Crippen LogP contribution in [0.15, 0.2) is 0 Å². The van der Waals surface area contributed by atoms with Crippen molar-refractivity contribution in [3.63, 3.8) is 0 Å². The van der Waals surface area contributed by atoms with Gasteiger partial charge in [-0.1, -0.05) is 11.9 Å². The molecule has 0 aromatic heterocycles. The molecule has 0 spiro atoms. The van der Waals surface area contributed by atoms with Crippen LogP contribution in [0.1, 0.15) is 0 Å². The lowest BCUT2D eigenvalue weighted by atomic mass is 10.7. The van der Waals surface area contributed by atoms with E-state index in [9.17, 15) is 0 Å². The minimum atomic E-state index is 0.807. The average Bonchev–Trinajstić information content (AvgIpc) is 2.14. The second-order valence-electron chi connectivity index (χ2n) is 1.43. The molecule has 0 aliphatic carbocycles. The van der Waals surface area contributed by atoms with Crippen LogP contribution in [0.25, 0.3) is 0 Å². The van der Waals surface area contributed by atoms with Crippen molar-refractivity contribution >= 4 is 11.9 Å². The Labute approximate surface area is 48.0 Å². The van der Waals surface area contributed by atoms with Gasteiger partial charge >= 0.3 is 0 Å². The van der Waals surface area contributed by atoms with Crippen LogP contribution in [0, 0.1) is 0 Å². The van der Waals surface area contributed by atoms with Gasteiger partial charge in [0.2, 0.25) is 0 Å². The Bertz CT molecular complexity index is 53.7. The fourth-order valence-corrected chi connectivity index (χ4v) is 0.978. The van der Waals surface area contributed by atoms with Crippen LogP contribution in [-0.2, 0) is 4.74 Å². The molecular formula is C4H9NOS. The Morgan fingerprint density at radius 2 is 2.57 bits per heavy atom. The Hall–Kier alpha value is 0.270. The van der Waals surface area contributed by atoms with Gasteiger partial charge in [0.25, 0.3) is 0 Å². The molecule has 0 radical (unpaired) electrons. The number of nitrogens with zero attached hydrogens (tertiary/aromatic N) is 1. The zero-order chi connectivity index (χ0) is 5.11. The van der Waals surface area contributed by atoms with Crippen molar-refractivity contribution in [2.45, 2.75) is 0 Å². The fraction of sp³-hybridized carbons (Fsp3) is 1.00. The third kappa shape index (κ3) is 1.33. The van der Waals surface area contributed by atoms with Crippen molar-refractivity contribution < 1.29 is 4.74 Å². The lowest BCUT2D eigenvalue weighted by Crippen LogP contribution is -2.08. The minimum Gasteiger partial charge on any atom is -0.364 e. The summed E-state index contributed by atoms with van der Waals surface area (Å²) in [5, 5.41) is 0. The molecule has 0 aromatic carbocycles. The summed E-state index contributed by atoms with van der Waals surface area (Å²) >= 11 is 1.74. The van der Waals surface area contributed by atoms with Crippen LogP contribution in [0.5, 0.6) is 0 Å². The Morgan fingerprint density at radius 1 is 1.71 bits per heavy atom. The first kappa shape index (κ1) is 5.41. The number of rotatable bonds is 1. The van der Waals surface area contributed by atoms with Gasteiger partial charge in [-0.25, -0.2) is 4.31 Å². The summed E-state index contributed by atoms with van der Waals surface area (Å²) in [5.74, 6) is 0. The first-order valence-electron chi connectivity index (χ1n) is 2.30. The molecule has 1 aliphatic heterocycles. The molecule has 0 N–H and O–H groups in total. The van der Waals surface area contributed by atoms with E-state index in [0.717, 1.165) is 19.9 Å². The summed E-state index contributed by atoms with van der Waals surface area (Å²) in [6.45, 7) is 2.79. The molecule has 0 saturated carbocycles. The van der Waals surface area contributed by atoms with Crippen molar-refractivity contribution in [1.29, 1.82) is 0 Å². The maximum absolute atomic E-state index is 5.05. The Morgan fingerprint density at radius 3 is 2.86 bits per heavy atom. The summed E-state index contributed by atoms with van der Waals surface area (Å²) in [4.78, 5) is 0. The van der Waals surface area contributed by atoms with Gasteiger partial charge in [-0.15, -0.1) is 0 Å². The standard InChI is InChI=1S/C4H9NOS/c1-7-5-2-3-6-4-5/h2-4H2,1H3. The molecule has 0 atom stereocenters. The highest BCUT2D eigenvalue weighted by molar-refractivity contribution is 7.96. The molecule has 0 aromatic rings. The van der Waals surface area contributed by atoms with Gasteiger partial charge in [-0.3, -0.25) is 0 Å². The van der Waals surface area contributed by atoms with Crippen molar-refractivity contribution in [3.8, 4) is 0 Å². The molecule has 2 nitrogen and oxygen atoms in total. The van der Waals surface area contributed by atoms with Gasteiger partial charge in [-0.05, 0) is 6.26 Å². The van der Waals surface area contributed by atoms with Crippen molar-refractivity contribution in [3.05, 3.63) is 0 Å². The second kappa shape index (κ2) is 2.55. The van der Waals surface area contributed by atoms with E-state index in [2.05, 4.69) is 10.6 Å². The van der Waals surface area contributed by atoms with Crippen LogP contribution < -0.4 is 0 Å². The second-order valence-corrected chi connectivity index (χ2v) is 2.31. The van der Waals surface area contributed by atoms with Gasteiger partial charge in [0, 0.05) is 6.54 Å². The first-order valence-corrected chi connectivity index (χ1v) is 3.48. The van der Waals surface area contributed by atoms with Gasteiger partial charge in [0.05, 0.1) is 6.61 Å². The smallest absolute Gasteiger partial charge is 0.108 e. The van der Waals surface area contributed by atoms with Gasteiger partial charge in [0.1, 0.15) is 6.73 Å². The van der Waals surface area contributed by atoms with E-state index in [4.69, 9.17) is 4.74 Å². The quantitative estimate of drug-likeness (QED) is 0.468. The fourth-order valence-electron chi connectivity index (χ4n) is 0.541. The molecular weight excluding hydrogens is 110 g/mol. The van der Waals surface area contributed by atoms with E-state index in [-0.39, 0.29) is 0 Å². The van der Waals surface area contributed by atoms with Crippen LogP contribution in [0.4, 0.5) is 0 Å². The van der Waals surface area contributed by atoms with Gasteiger partial charge in [0.15, 0.2) is 0 Å². The maximum atomic E-state index is 5.05. The van der Waals surface area contributed by atoms with Gasteiger partial charge < -0.3 is 4.74 Å². The summed E-state index contributed by atoms with van der Waals surface area (Å²) in [6.07, 6.45) is 2.06. The third-order valence-corrected chi connectivity index (χ3v) is 1.78. The van der Waals surface area contributed by atoms with E-state index in [1.165, 1.54) is 0 Å². The third-order valence-electron chi connectivity index (χ3n) is 0.979. The molecule has 0 unspecified atom stereocenters. The predicted octanol–water partition coefficient (Wildman–Crippen LogP) is 0.554. The van der Waals surface area contributed by atoms with E-state index in [0.29, 0.717) is 0 Å². The number of hydrogen-bond donors (Lipinski definition) is 0. The molecule has 3 heteroatoms. The van der Waals surface area contributed by atoms with Gasteiger partial charge in [-0.2, -0.15) is 0 Å². The van der Waals surface area contributed by atoms with Crippen molar-refractivity contribution in [2.75, 3.05) is 26.1 Å². The van der Waals surface area contributed by atoms with E-state index >= 15 is 0 Å². The van der Waals surface area contributed by atoms with Crippen LogP contribution in [0.3, 0.4) is 0 Å². The van der Waals surface area contributed by atoms with Crippen LogP contribution in [-0.4, -0.2) is 30.4 Å². The highest BCUT2D eigenvalue weighted by atomic mass is 32.2. The molecule has 1 aliphatic rings. The zero-order valence-corrected chi connectivity index (χ0v) is 5.20. The molecule has 0 bridgehead atoms. The van der Waals surface area contributed by atoms with E-state index in [1.807, 2.05) is 0 Å². The molecule has 0 amide bonds. The number of hydrogen-bond acceptors (Lipinski definition) is 3. The highest BCUT2D eigenvalue weighted by Gasteiger charge is 2.08. The summed E-state index contributed by atoms with van der Waals surface area (Å²) in [5.41, 5.74) is 0. The molecule has 1 rings (SSSR count). The number of ether oxygens (including phenoxy) is 1.